The van der Waals surface area contributed by atoms with Crippen LogP contribution < -0.4 is 11.1 Å². The first kappa shape index (κ1) is 22.5. The quantitative estimate of drug-likeness (QED) is 0.379. The number of aryl methyl sites for hydroxylation is 1. The van der Waals surface area contributed by atoms with Gasteiger partial charge in [-0.05, 0) is 44.2 Å². The second-order valence-electron chi connectivity index (χ2n) is 8.48. The highest BCUT2D eigenvalue weighted by molar-refractivity contribution is 6.35. The molecule has 1 aromatic carbocycles. The molecule has 0 radical (unpaired) electrons. The summed E-state index contributed by atoms with van der Waals surface area (Å²) in [5.41, 5.74) is 8.99. The Morgan fingerprint density at radius 1 is 1.14 bits per heavy atom. The summed E-state index contributed by atoms with van der Waals surface area (Å²) in [7, 11) is 1.79. The van der Waals surface area contributed by atoms with Gasteiger partial charge < -0.3 is 15.5 Å². The second kappa shape index (κ2) is 8.48. The average molecular weight is 489 g/mol. The number of nitrogens with one attached hydrogen (secondary N) is 1. The molecule has 10 nitrogen and oxygen atoms in total. The van der Waals surface area contributed by atoms with Crippen LogP contribution >= 0.6 is 11.6 Å². The molecule has 0 saturated carbocycles. The molecule has 0 bridgehead atoms. The van der Waals surface area contributed by atoms with Crippen LogP contribution in [0.15, 0.2) is 59.6 Å². The van der Waals surface area contributed by atoms with Crippen molar-refractivity contribution in [2.24, 2.45) is 7.05 Å². The van der Waals surface area contributed by atoms with Gasteiger partial charge in [-0.3, -0.25) is 14.5 Å². The molecule has 4 aromatic heterocycles. The summed E-state index contributed by atoms with van der Waals surface area (Å²) < 4.78 is 7.09. The molecule has 4 heterocycles. The Labute approximate surface area is 205 Å². The molecular weight excluding hydrogens is 468 g/mol. The monoisotopic (exact) mass is 488 g/mol. The Hall–Kier alpha value is -4.31. The minimum Gasteiger partial charge on any atom is -0.443 e. The molecular formula is C24H21ClN8O2. The van der Waals surface area contributed by atoms with Gasteiger partial charge in [0.15, 0.2) is 23.5 Å². The maximum atomic E-state index is 13.3. The summed E-state index contributed by atoms with van der Waals surface area (Å²) in [5.74, 6) is -0.526. The van der Waals surface area contributed by atoms with E-state index in [0.29, 0.717) is 44.5 Å². The van der Waals surface area contributed by atoms with E-state index < -0.39 is 11.4 Å². The summed E-state index contributed by atoms with van der Waals surface area (Å²) in [5, 5.41) is 7.76. The third-order valence-electron chi connectivity index (χ3n) is 5.49. The molecule has 11 heteroatoms. The lowest BCUT2D eigenvalue weighted by Crippen LogP contribution is -2.42. The van der Waals surface area contributed by atoms with Gasteiger partial charge in [-0.1, -0.05) is 17.7 Å². The standard InChI is InChI=1S/C24H21ClN8O2/c1-24(2,17-6-4-5-8-27-17)31-23(34)21-22(26)30-20(15-7-9-33(3)32-15)18(29-21)13-10-14(25)19-16(11-13)35-12-28-19/h4-12H,1-3H3,(H2,26,30)(H,31,34). The van der Waals surface area contributed by atoms with Crippen molar-refractivity contribution in [1.82, 2.24) is 35.0 Å². The van der Waals surface area contributed by atoms with Crippen LogP contribution in [-0.4, -0.2) is 35.6 Å². The lowest BCUT2D eigenvalue weighted by Gasteiger charge is -2.25. The highest BCUT2D eigenvalue weighted by Crippen LogP contribution is 2.34. The number of benzene rings is 1. The number of carbonyl (C=O) groups is 1. The molecule has 0 fully saturated rings. The van der Waals surface area contributed by atoms with E-state index in [2.05, 4.69) is 30.4 Å². The molecule has 0 saturated heterocycles. The number of carbonyl (C=O) groups excluding carboxylic acids is 1. The predicted octanol–water partition coefficient (Wildman–Crippen LogP) is 3.98. The van der Waals surface area contributed by atoms with Gasteiger partial charge in [0.05, 0.1) is 21.9 Å². The van der Waals surface area contributed by atoms with Crippen LogP contribution in [0.3, 0.4) is 0 Å². The SMILES string of the molecule is Cn1ccc(-c2nc(N)c(C(=O)NC(C)(C)c3ccccn3)nc2-c2cc(Cl)c3ncoc3c2)n1. The number of halogens is 1. The van der Waals surface area contributed by atoms with Gasteiger partial charge in [0, 0.05) is 25.0 Å². The fourth-order valence-electron chi connectivity index (χ4n) is 3.74. The average Bonchev–Trinajstić information content (AvgIpc) is 3.48. The normalized spacial score (nSPS) is 11.7. The lowest BCUT2D eigenvalue weighted by molar-refractivity contribution is 0.0906. The number of nitrogens with zero attached hydrogens (tertiary/aromatic N) is 6. The molecule has 0 unspecified atom stereocenters. The van der Waals surface area contributed by atoms with Crippen molar-refractivity contribution in [3.63, 3.8) is 0 Å². The van der Waals surface area contributed by atoms with Gasteiger partial charge in [-0.2, -0.15) is 5.10 Å². The minimum atomic E-state index is -0.783. The van der Waals surface area contributed by atoms with Crippen molar-refractivity contribution < 1.29 is 9.21 Å². The summed E-state index contributed by atoms with van der Waals surface area (Å²) >= 11 is 6.44. The first-order valence-electron chi connectivity index (χ1n) is 10.7. The highest BCUT2D eigenvalue weighted by Gasteiger charge is 2.28. The van der Waals surface area contributed by atoms with E-state index in [0.717, 1.165) is 0 Å². The molecule has 0 aliphatic rings. The molecule has 35 heavy (non-hydrogen) atoms. The fraction of sp³-hybridized carbons (Fsp3) is 0.167. The Balaban J connectivity index is 1.64. The number of aromatic nitrogens is 6. The van der Waals surface area contributed by atoms with Gasteiger partial charge >= 0.3 is 0 Å². The van der Waals surface area contributed by atoms with Crippen molar-refractivity contribution in [3.8, 4) is 22.6 Å². The van der Waals surface area contributed by atoms with Crippen LogP contribution in [-0.2, 0) is 12.6 Å². The van der Waals surface area contributed by atoms with E-state index >= 15 is 0 Å². The van der Waals surface area contributed by atoms with Crippen LogP contribution in [0.1, 0.15) is 30.0 Å². The summed E-state index contributed by atoms with van der Waals surface area (Å²) in [6, 6.07) is 10.7. The van der Waals surface area contributed by atoms with Crippen molar-refractivity contribution in [2.75, 3.05) is 5.73 Å². The minimum absolute atomic E-state index is 0.0301. The second-order valence-corrected chi connectivity index (χ2v) is 8.89. The number of hydrogen-bond donors (Lipinski definition) is 2. The fourth-order valence-corrected chi connectivity index (χ4v) is 4.00. The van der Waals surface area contributed by atoms with Crippen LogP contribution in [0.5, 0.6) is 0 Å². The number of amides is 1. The number of nitrogens with two attached hydrogens (primary N) is 1. The zero-order valence-electron chi connectivity index (χ0n) is 19.2. The largest absolute Gasteiger partial charge is 0.443 e. The molecule has 0 aliphatic heterocycles. The molecule has 5 aromatic rings. The predicted molar refractivity (Wildman–Crippen MR) is 131 cm³/mol. The zero-order valence-corrected chi connectivity index (χ0v) is 19.9. The lowest BCUT2D eigenvalue weighted by atomic mass is 9.99. The molecule has 5 rings (SSSR count). The van der Waals surface area contributed by atoms with Crippen LogP contribution in [0, 0.1) is 0 Å². The van der Waals surface area contributed by atoms with E-state index in [9.17, 15) is 4.79 Å². The Morgan fingerprint density at radius 3 is 2.69 bits per heavy atom. The number of anilines is 1. The summed E-state index contributed by atoms with van der Waals surface area (Å²) in [4.78, 5) is 31.0. The van der Waals surface area contributed by atoms with Gasteiger partial charge in [-0.25, -0.2) is 15.0 Å². The van der Waals surface area contributed by atoms with Crippen LogP contribution in [0.2, 0.25) is 5.02 Å². The van der Waals surface area contributed by atoms with E-state index in [1.807, 2.05) is 32.0 Å². The number of oxazole rings is 1. The van der Waals surface area contributed by atoms with Crippen LogP contribution in [0.4, 0.5) is 5.82 Å². The van der Waals surface area contributed by atoms with Gasteiger partial charge in [0.2, 0.25) is 0 Å². The number of rotatable bonds is 5. The summed E-state index contributed by atoms with van der Waals surface area (Å²) in [6.07, 6.45) is 4.76. The molecule has 0 atom stereocenters. The van der Waals surface area contributed by atoms with Crippen LogP contribution in [0.25, 0.3) is 33.7 Å². The first-order valence-corrected chi connectivity index (χ1v) is 11.1. The van der Waals surface area contributed by atoms with Gasteiger partial charge in [0.25, 0.3) is 5.91 Å². The van der Waals surface area contributed by atoms with Gasteiger partial charge in [0.1, 0.15) is 16.9 Å². The zero-order chi connectivity index (χ0) is 24.7. The van der Waals surface area contributed by atoms with E-state index in [1.165, 1.54) is 6.39 Å². The third kappa shape index (κ3) is 4.19. The van der Waals surface area contributed by atoms with Crippen molar-refractivity contribution in [3.05, 3.63) is 71.6 Å². The third-order valence-corrected chi connectivity index (χ3v) is 5.78. The highest BCUT2D eigenvalue weighted by atomic mass is 35.5. The maximum Gasteiger partial charge on any atom is 0.274 e. The van der Waals surface area contributed by atoms with E-state index in [-0.39, 0.29) is 11.5 Å². The molecule has 3 N–H and O–H groups in total. The molecule has 0 aliphatic carbocycles. The number of hydrogen-bond acceptors (Lipinski definition) is 8. The maximum absolute atomic E-state index is 13.3. The van der Waals surface area contributed by atoms with Crippen molar-refractivity contribution >= 4 is 34.4 Å². The van der Waals surface area contributed by atoms with E-state index in [1.54, 1.807) is 42.3 Å². The number of nitrogen functional groups attached to an aromatic ring is 1. The van der Waals surface area contributed by atoms with E-state index in [4.69, 9.17) is 21.8 Å². The molecule has 1 amide bonds. The van der Waals surface area contributed by atoms with Crippen molar-refractivity contribution in [2.45, 2.75) is 19.4 Å². The van der Waals surface area contributed by atoms with Gasteiger partial charge in [-0.15, -0.1) is 0 Å². The number of pyridine rings is 1. The first-order chi connectivity index (χ1) is 16.7. The smallest absolute Gasteiger partial charge is 0.274 e. The Bertz CT molecular complexity index is 1560. The topological polar surface area (TPSA) is 138 Å². The summed E-state index contributed by atoms with van der Waals surface area (Å²) in [6.45, 7) is 3.69. The Morgan fingerprint density at radius 2 is 1.97 bits per heavy atom. The number of fused-ring (bicyclic) bond motifs is 1. The van der Waals surface area contributed by atoms with Crippen molar-refractivity contribution in [1.29, 1.82) is 0 Å². The Kier molecular flexibility index (Phi) is 5.45. The molecule has 176 valence electrons. The molecule has 0 spiro atoms.